The Labute approximate surface area is 67.1 Å². The first kappa shape index (κ1) is 6.24. The SMILES string of the molecule is O[C@H]1C[C@H]2C[C@H]1[C@@H]1CC=C[C@@H]21. The monoisotopic (exact) mass is 150 g/mol. The molecular weight excluding hydrogens is 136 g/mol. The molecule has 60 valence electrons. The van der Waals surface area contributed by atoms with E-state index in [9.17, 15) is 5.11 Å². The fourth-order valence-corrected chi connectivity index (χ4v) is 3.52. The van der Waals surface area contributed by atoms with Crippen LogP contribution in [0.2, 0.25) is 0 Å². The zero-order chi connectivity index (χ0) is 7.42. The van der Waals surface area contributed by atoms with Gasteiger partial charge in [0.2, 0.25) is 0 Å². The standard InChI is InChI=1S/C10H14O/c11-10-5-6-4-9(10)8-3-1-2-7(6)8/h1-2,6-11H,3-5H2/t6-,7+,8-,9+,10+/m1/s1. The van der Waals surface area contributed by atoms with Crippen LogP contribution in [0, 0.1) is 23.7 Å². The van der Waals surface area contributed by atoms with E-state index in [0.29, 0.717) is 5.92 Å². The number of fused-ring (bicyclic) bond motifs is 5. The molecule has 2 bridgehead atoms. The van der Waals surface area contributed by atoms with Crippen molar-refractivity contribution in [3.05, 3.63) is 12.2 Å². The molecule has 3 aliphatic rings. The number of aliphatic hydroxyl groups is 1. The molecule has 0 radical (unpaired) electrons. The summed E-state index contributed by atoms with van der Waals surface area (Å²) in [5.74, 6) is 3.16. The molecule has 3 rings (SSSR count). The van der Waals surface area contributed by atoms with Crippen LogP contribution in [-0.4, -0.2) is 11.2 Å². The minimum Gasteiger partial charge on any atom is -0.393 e. The summed E-state index contributed by atoms with van der Waals surface area (Å²) in [6, 6.07) is 0. The Hall–Kier alpha value is -0.300. The summed E-state index contributed by atoms with van der Waals surface area (Å²) in [7, 11) is 0. The van der Waals surface area contributed by atoms with Crippen LogP contribution < -0.4 is 0 Å². The largest absolute Gasteiger partial charge is 0.393 e. The normalized spacial score (nSPS) is 58.8. The van der Waals surface area contributed by atoms with Gasteiger partial charge in [-0.05, 0) is 42.9 Å². The van der Waals surface area contributed by atoms with Crippen LogP contribution in [0.5, 0.6) is 0 Å². The first-order chi connectivity index (χ1) is 5.36. The predicted octanol–water partition coefficient (Wildman–Crippen LogP) is 1.58. The van der Waals surface area contributed by atoms with E-state index in [1.54, 1.807) is 0 Å². The van der Waals surface area contributed by atoms with Crippen molar-refractivity contribution in [3.63, 3.8) is 0 Å². The van der Waals surface area contributed by atoms with Crippen molar-refractivity contribution in [2.24, 2.45) is 23.7 Å². The van der Waals surface area contributed by atoms with E-state index in [-0.39, 0.29) is 6.10 Å². The molecule has 0 aromatic carbocycles. The maximum absolute atomic E-state index is 9.64. The number of hydrogen-bond donors (Lipinski definition) is 1. The molecule has 0 amide bonds. The second-order valence-corrected chi connectivity index (χ2v) is 4.37. The van der Waals surface area contributed by atoms with Crippen molar-refractivity contribution >= 4 is 0 Å². The molecule has 3 aliphatic carbocycles. The van der Waals surface area contributed by atoms with Crippen molar-refractivity contribution < 1.29 is 5.11 Å². The highest BCUT2D eigenvalue weighted by molar-refractivity contribution is 5.14. The highest BCUT2D eigenvalue weighted by Crippen LogP contribution is 2.56. The Morgan fingerprint density at radius 1 is 1.18 bits per heavy atom. The average molecular weight is 150 g/mol. The number of hydrogen-bond acceptors (Lipinski definition) is 1. The first-order valence-corrected chi connectivity index (χ1v) is 4.71. The van der Waals surface area contributed by atoms with Crippen molar-refractivity contribution in [1.82, 2.24) is 0 Å². The molecule has 11 heavy (non-hydrogen) atoms. The van der Waals surface area contributed by atoms with Gasteiger partial charge in [-0.3, -0.25) is 0 Å². The quantitative estimate of drug-likeness (QED) is 0.520. The molecular formula is C10H14O. The molecule has 0 spiro atoms. The summed E-state index contributed by atoms with van der Waals surface area (Å²) < 4.78 is 0. The van der Waals surface area contributed by atoms with Gasteiger partial charge in [0, 0.05) is 0 Å². The topological polar surface area (TPSA) is 20.2 Å². The van der Waals surface area contributed by atoms with Gasteiger partial charge in [0.1, 0.15) is 0 Å². The first-order valence-electron chi connectivity index (χ1n) is 4.71. The van der Waals surface area contributed by atoms with Gasteiger partial charge >= 0.3 is 0 Å². The minimum atomic E-state index is 0.0427. The third-order valence-corrected chi connectivity index (χ3v) is 3.97. The van der Waals surface area contributed by atoms with Crippen LogP contribution in [0.25, 0.3) is 0 Å². The van der Waals surface area contributed by atoms with E-state index in [1.807, 2.05) is 0 Å². The Bertz CT molecular complexity index is 209. The Balaban J connectivity index is 1.94. The molecule has 0 aromatic rings. The lowest BCUT2D eigenvalue weighted by Crippen LogP contribution is -2.27. The van der Waals surface area contributed by atoms with Crippen molar-refractivity contribution in [3.8, 4) is 0 Å². The maximum Gasteiger partial charge on any atom is 0.0574 e. The summed E-state index contributed by atoms with van der Waals surface area (Å²) in [5, 5.41) is 9.64. The van der Waals surface area contributed by atoms with E-state index >= 15 is 0 Å². The second-order valence-electron chi connectivity index (χ2n) is 4.37. The Kier molecular flexibility index (Phi) is 1.07. The summed E-state index contributed by atoms with van der Waals surface area (Å²) in [5.41, 5.74) is 0. The molecule has 1 heteroatoms. The lowest BCUT2D eigenvalue weighted by molar-refractivity contribution is 0.0697. The molecule has 0 saturated heterocycles. The third kappa shape index (κ3) is 0.652. The average Bonchev–Trinajstić information content (AvgIpc) is 2.52. The van der Waals surface area contributed by atoms with Gasteiger partial charge in [-0.1, -0.05) is 12.2 Å². The summed E-state index contributed by atoms with van der Waals surface area (Å²) in [6.07, 6.45) is 8.37. The Morgan fingerprint density at radius 2 is 2.09 bits per heavy atom. The van der Waals surface area contributed by atoms with Crippen molar-refractivity contribution in [1.29, 1.82) is 0 Å². The fraction of sp³-hybridized carbons (Fsp3) is 0.800. The van der Waals surface area contributed by atoms with Gasteiger partial charge in [0.05, 0.1) is 6.10 Å². The summed E-state index contributed by atoms with van der Waals surface area (Å²) in [4.78, 5) is 0. The van der Waals surface area contributed by atoms with E-state index < -0.39 is 0 Å². The van der Waals surface area contributed by atoms with Gasteiger partial charge in [0.15, 0.2) is 0 Å². The Morgan fingerprint density at radius 3 is 3.00 bits per heavy atom. The van der Waals surface area contributed by atoms with Gasteiger partial charge in [-0.2, -0.15) is 0 Å². The van der Waals surface area contributed by atoms with Gasteiger partial charge < -0.3 is 5.11 Å². The van der Waals surface area contributed by atoms with Crippen LogP contribution >= 0.6 is 0 Å². The maximum atomic E-state index is 9.64. The molecule has 1 N–H and O–H groups in total. The van der Waals surface area contributed by atoms with Crippen LogP contribution in [0.15, 0.2) is 12.2 Å². The van der Waals surface area contributed by atoms with E-state index in [4.69, 9.17) is 0 Å². The molecule has 2 fully saturated rings. The molecule has 2 saturated carbocycles. The zero-order valence-electron chi connectivity index (χ0n) is 6.61. The highest BCUT2D eigenvalue weighted by atomic mass is 16.3. The molecule has 5 atom stereocenters. The van der Waals surface area contributed by atoms with Crippen LogP contribution in [0.1, 0.15) is 19.3 Å². The summed E-state index contributed by atoms with van der Waals surface area (Å²) >= 11 is 0. The van der Waals surface area contributed by atoms with E-state index in [2.05, 4.69) is 12.2 Å². The fourth-order valence-electron chi connectivity index (χ4n) is 3.52. The van der Waals surface area contributed by atoms with Gasteiger partial charge in [-0.25, -0.2) is 0 Å². The minimum absolute atomic E-state index is 0.0427. The third-order valence-electron chi connectivity index (χ3n) is 3.97. The smallest absolute Gasteiger partial charge is 0.0574 e. The molecule has 0 aromatic heterocycles. The highest BCUT2D eigenvalue weighted by Gasteiger charge is 2.51. The van der Waals surface area contributed by atoms with Gasteiger partial charge in [-0.15, -0.1) is 0 Å². The molecule has 0 heterocycles. The predicted molar refractivity (Wildman–Crippen MR) is 43.0 cm³/mol. The zero-order valence-corrected chi connectivity index (χ0v) is 6.61. The van der Waals surface area contributed by atoms with E-state index in [0.717, 1.165) is 24.2 Å². The van der Waals surface area contributed by atoms with Crippen molar-refractivity contribution in [2.75, 3.05) is 0 Å². The van der Waals surface area contributed by atoms with Crippen molar-refractivity contribution in [2.45, 2.75) is 25.4 Å². The van der Waals surface area contributed by atoms with E-state index in [1.165, 1.54) is 12.8 Å². The van der Waals surface area contributed by atoms with Crippen LogP contribution in [0.3, 0.4) is 0 Å². The molecule has 0 aliphatic heterocycles. The molecule has 1 nitrogen and oxygen atoms in total. The number of allylic oxidation sites excluding steroid dienone is 2. The number of rotatable bonds is 0. The molecule has 0 unspecified atom stereocenters. The number of aliphatic hydroxyl groups excluding tert-OH is 1. The second kappa shape index (κ2) is 1.89. The lowest BCUT2D eigenvalue weighted by atomic mass is 9.80. The summed E-state index contributed by atoms with van der Waals surface area (Å²) in [6.45, 7) is 0. The lowest BCUT2D eigenvalue weighted by Gasteiger charge is -2.27. The van der Waals surface area contributed by atoms with Gasteiger partial charge in [0.25, 0.3) is 0 Å². The van der Waals surface area contributed by atoms with Crippen LogP contribution in [0.4, 0.5) is 0 Å². The van der Waals surface area contributed by atoms with Crippen LogP contribution in [-0.2, 0) is 0 Å².